The molecular formula is C14H24N2S. The number of rotatable bonds is 6. The van der Waals surface area contributed by atoms with Gasteiger partial charge in [-0.3, -0.25) is 0 Å². The summed E-state index contributed by atoms with van der Waals surface area (Å²) in [5.41, 5.74) is 0. The Morgan fingerprint density at radius 3 is 2.76 bits per heavy atom. The summed E-state index contributed by atoms with van der Waals surface area (Å²) < 4.78 is 0. The molecule has 0 radical (unpaired) electrons. The van der Waals surface area contributed by atoms with Crippen molar-refractivity contribution >= 4 is 11.3 Å². The van der Waals surface area contributed by atoms with Gasteiger partial charge in [-0.2, -0.15) is 0 Å². The fourth-order valence-electron chi connectivity index (χ4n) is 2.70. The summed E-state index contributed by atoms with van der Waals surface area (Å²) in [6.45, 7) is 2.21. The second kappa shape index (κ2) is 6.53. The van der Waals surface area contributed by atoms with Crippen LogP contribution in [0.5, 0.6) is 0 Å². The van der Waals surface area contributed by atoms with E-state index in [0.29, 0.717) is 6.04 Å². The predicted molar refractivity (Wildman–Crippen MR) is 75.6 cm³/mol. The van der Waals surface area contributed by atoms with Gasteiger partial charge in [0.25, 0.3) is 0 Å². The maximum Gasteiger partial charge on any atom is 0.0443 e. The number of hydrogen-bond acceptors (Lipinski definition) is 3. The lowest BCUT2D eigenvalue weighted by Gasteiger charge is -2.24. The molecule has 0 saturated heterocycles. The van der Waals surface area contributed by atoms with Crippen LogP contribution < -0.4 is 5.32 Å². The quantitative estimate of drug-likeness (QED) is 0.837. The van der Waals surface area contributed by atoms with Crippen molar-refractivity contribution in [3.63, 3.8) is 0 Å². The first kappa shape index (κ1) is 13.1. The maximum atomic E-state index is 3.76. The number of thiophene rings is 1. The Bertz CT molecular complexity index is 302. The third-order valence-electron chi connectivity index (χ3n) is 3.64. The molecule has 96 valence electrons. The molecule has 0 aliphatic heterocycles. The van der Waals surface area contributed by atoms with Gasteiger partial charge >= 0.3 is 0 Å². The zero-order chi connectivity index (χ0) is 12.1. The smallest absolute Gasteiger partial charge is 0.0443 e. The van der Waals surface area contributed by atoms with Gasteiger partial charge in [0.1, 0.15) is 0 Å². The molecule has 1 unspecified atom stereocenters. The van der Waals surface area contributed by atoms with Crippen LogP contribution in [0.4, 0.5) is 0 Å². The normalized spacial score (nSPS) is 19.0. The van der Waals surface area contributed by atoms with Crippen LogP contribution in [-0.2, 0) is 0 Å². The minimum absolute atomic E-state index is 0.595. The molecular weight excluding hydrogens is 228 g/mol. The lowest BCUT2D eigenvalue weighted by Crippen LogP contribution is -2.32. The molecule has 3 heteroatoms. The van der Waals surface area contributed by atoms with Crippen LogP contribution in [-0.4, -0.2) is 32.1 Å². The fraction of sp³-hybridized carbons (Fsp3) is 0.714. The van der Waals surface area contributed by atoms with Gasteiger partial charge < -0.3 is 10.2 Å². The lowest BCUT2D eigenvalue weighted by atomic mass is 9.97. The summed E-state index contributed by atoms with van der Waals surface area (Å²) in [6, 6.07) is 5.06. The van der Waals surface area contributed by atoms with Gasteiger partial charge in [-0.25, -0.2) is 0 Å². The van der Waals surface area contributed by atoms with E-state index in [1.807, 2.05) is 11.3 Å². The van der Waals surface area contributed by atoms with Crippen molar-refractivity contribution in [2.75, 3.05) is 27.2 Å². The molecule has 1 N–H and O–H groups in total. The van der Waals surface area contributed by atoms with Crippen LogP contribution >= 0.6 is 11.3 Å². The summed E-state index contributed by atoms with van der Waals surface area (Å²) >= 11 is 1.90. The molecule has 2 rings (SSSR count). The van der Waals surface area contributed by atoms with E-state index in [-0.39, 0.29) is 0 Å². The number of hydrogen-bond donors (Lipinski definition) is 1. The van der Waals surface area contributed by atoms with Gasteiger partial charge in [-0.15, -0.1) is 11.3 Å². The molecule has 0 spiro atoms. The Labute approximate surface area is 109 Å². The van der Waals surface area contributed by atoms with Gasteiger partial charge in [-0.05, 0) is 44.3 Å². The minimum atomic E-state index is 0.595. The molecule has 1 heterocycles. The zero-order valence-electron chi connectivity index (χ0n) is 11.0. The van der Waals surface area contributed by atoms with E-state index < -0.39 is 0 Å². The zero-order valence-corrected chi connectivity index (χ0v) is 11.8. The van der Waals surface area contributed by atoms with Crippen LogP contribution in [0.1, 0.15) is 36.6 Å². The molecule has 1 saturated carbocycles. The van der Waals surface area contributed by atoms with Gasteiger partial charge in [0.05, 0.1) is 0 Å². The first-order valence-electron chi connectivity index (χ1n) is 6.69. The number of likely N-dealkylation sites (N-methyl/N-ethyl adjacent to an activating group) is 1. The Morgan fingerprint density at radius 1 is 1.41 bits per heavy atom. The SMILES string of the molecule is CN(C)CCNC(c1cccs1)C1CCCC1. The molecule has 17 heavy (non-hydrogen) atoms. The van der Waals surface area contributed by atoms with E-state index in [4.69, 9.17) is 0 Å². The molecule has 0 aromatic carbocycles. The summed E-state index contributed by atoms with van der Waals surface area (Å²) in [7, 11) is 4.27. The highest BCUT2D eigenvalue weighted by molar-refractivity contribution is 7.10. The Balaban J connectivity index is 1.92. The summed E-state index contributed by atoms with van der Waals surface area (Å²) in [5.74, 6) is 0.857. The van der Waals surface area contributed by atoms with E-state index >= 15 is 0 Å². The van der Waals surface area contributed by atoms with Crippen molar-refractivity contribution < 1.29 is 0 Å². The molecule has 1 aromatic heterocycles. The molecule has 1 aliphatic rings. The van der Waals surface area contributed by atoms with Crippen LogP contribution in [0.25, 0.3) is 0 Å². The second-order valence-corrected chi connectivity index (χ2v) is 6.27. The Kier molecular flexibility index (Phi) is 5.01. The van der Waals surface area contributed by atoms with E-state index in [1.165, 1.54) is 30.6 Å². The van der Waals surface area contributed by atoms with Gasteiger partial charge in [-0.1, -0.05) is 18.9 Å². The van der Waals surface area contributed by atoms with Crippen LogP contribution in [0.3, 0.4) is 0 Å². The first-order valence-corrected chi connectivity index (χ1v) is 7.57. The largest absolute Gasteiger partial charge is 0.308 e. The highest BCUT2D eigenvalue weighted by Crippen LogP contribution is 2.37. The van der Waals surface area contributed by atoms with Crippen molar-refractivity contribution in [1.82, 2.24) is 10.2 Å². The lowest BCUT2D eigenvalue weighted by molar-refractivity contribution is 0.336. The third kappa shape index (κ3) is 3.80. The monoisotopic (exact) mass is 252 g/mol. The summed E-state index contributed by atoms with van der Waals surface area (Å²) in [5, 5.41) is 5.96. The van der Waals surface area contributed by atoms with E-state index in [1.54, 1.807) is 0 Å². The highest BCUT2D eigenvalue weighted by Gasteiger charge is 2.26. The third-order valence-corrected chi connectivity index (χ3v) is 4.60. The van der Waals surface area contributed by atoms with Gasteiger partial charge in [0.2, 0.25) is 0 Å². The average Bonchev–Trinajstić information content (AvgIpc) is 2.97. The van der Waals surface area contributed by atoms with Gasteiger partial charge in [0, 0.05) is 24.0 Å². The molecule has 1 aromatic rings. The standard InChI is InChI=1S/C14H24N2S/c1-16(2)10-9-15-14(12-6-3-4-7-12)13-8-5-11-17-13/h5,8,11-12,14-15H,3-4,6-7,9-10H2,1-2H3. The first-order chi connectivity index (χ1) is 8.27. The van der Waals surface area contributed by atoms with E-state index in [9.17, 15) is 0 Å². The molecule has 1 atom stereocenters. The van der Waals surface area contributed by atoms with Crippen LogP contribution in [0, 0.1) is 5.92 Å². The number of nitrogens with zero attached hydrogens (tertiary/aromatic N) is 1. The van der Waals surface area contributed by atoms with Crippen LogP contribution in [0.2, 0.25) is 0 Å². The topological polar surface area (TPSA) is 15.3 Å². The van der Waals surface area contributed by atoms with Crippen molar-refractivity contribution in [2.24, 2.45) is 5.92 Å². The fourth-order valence-corrected chi connectivity index (χ4v) is 3.60. The second-order valence-electron chi connectivity index (χ2n) is 5.30. The summed E-state index contributed by atoms with van der Waals surface area (Å²) in [4.78, 5) is 3.77. The molecule has 1 fully saturated rings. The van der Waals surface area contributed by atoms with E-state index in [0.717, 1.165) is 19.0 Å². The molecule has 2 nitrogen and oxygen atoms in total. The van der Waals surface area contributed by atoms with Crippen molar-refractivity contribution in [2.45, 2.75) is 31.7 Å². The Hall–Kier alpha value is -0.380. The van der Waals surface area contributed by atoms with Crippen molar-refractivity contribution in [1.29, 1.82) is 0 Å². The maximum absolute atomic E-state index is 3.76. The minimum Gasteiger partial charge on any atom is -0.308 e. The van der Waals surface area contributed by atoms with Crippen molar-refractivity contribution in [3.8, 4) is 0 Å². The molecule has 1 aliphatic carbocycles. The summed E-state index contributed by atoms with van der Waals surface area (Å²) in [6.07, 6.45) is 5.64. The van der Waals surface area contributed by atoms with E-state index in [2.05, 4.69) is 41.8 Å². The van der Waals surface area contributed by atoms with Crippen molar-refractivity contribution in [3.05, 3.63) is 22.4 Å². The molecule has 0 amide bonds. The van der Waals surface area contributed by atoms with Crippen LogP contribution in [0.15, 0.2) is 17.5 Å². The van der Waals surface area contributed by atoms with Gasteiger partial charge in [0.15, 0.2) is 0 Å². The highest BCUT2D eigenvalue weighted by atomic mass is 32.1. The predicted octanol–water partition coefficient (Wildman–Crippen LogP) is 3.13. The number of nitrogens with one attached hydrogen (secondary N) is 1. The molecule has 0 bridgehead atoms. The Morgan fingerprint density at radius 2 is 2.18 bits per heavy atom. The average molecular weight is 252 g/mol.